The van der Waals surface area contributed by atoms with Gasteiger partial charge in [0.1, 0.15) is 11.5 Å². The number of rotatable bonds is 4. The summed E-state index contributed by atoms with van der Waals surface area (Å²) in [4.78, 5) is 22.5. The number of carboxylic acids is 1. The highest BCUT2D eigenvalue weighted by atomic mass is 16.4. The Bertz CT molecular complexity index is 668. The van der Waals surface area contributed by atoms with Crippen molar-refractivity contribution in [2.24, 2.45) is 0 Å². The molecule has 4 heteroatoms. The molecule has 0 saturated carbocycles. The van der Waals surface area contributed by atoms with Crippen molar-refractivity contribution in [2.45, 2.75) is 33.7 Å². The number of aryl methyl sites for hydroxylation is 3. The van der Waals surface area contributed by atoms with Crippen LogP contribution in [-0.4, -0.2) is 21.4 Å². The van der Waals surface area contributed by atoms with E-state index in [1.165, 1.54) is 6.92 Å². The Morgan fingerprint density at radius 1 is 1.21 bits per heavy atom. The highest BCUT2D eigenvalue weighted by Crippen LogP contribution is 2.25. The second-order valence-corrected chi connectivity index (χ2v) is 4.96. The van der Waals surface area contributed by atoms with Crippen molar-refractivity contribution in [1.29, 1.82) is 0 Å². The Labute approximate surface area is 111 Å². The Kier molecular flexibility index (Phi) is 3.42. The quantitative estimate of drug-likeness (QED) is 0.918. The summed E-state index contributed by atoms with van der Waals surface area (Å²) in [6, 6.07) is 5.68. The Hall–Kier alpha value is -2.10. The zero-order valence-electron chi connectivity index (χ0n) is 11.4. The van der Waals surface area contributed by atoms with Gasteiger partial charge in [-0.2, -0.15) is 0 Å². The van der Waals surface area contributed by atoms with E-state index in [9.17, 15) is 14.7 Å². The molecule has 1 aromatic heterocycles. The first-order chi connectivity index (χ1) is 8.90. The van der Waals surface area contributed by atoms with E-state index in [4.69, 9.17) is 0 Å². The zero-order valence-corrected chi connectivity index (χ0v) is 11.4. The minimum Gasteiger partial charge on any atom is -0.477 e. The molecule has 2 aromatic rings. The standard InChI is InChI=1S/C15H17NO3/c1-9-6-10(2)14-12(7-9)8-13(15(18)19)16(14)5-4-11(3)17/h6-8H,4-5H2,1-3H3,(H,18,19). The van der Waals surface area contributed by atoms with Crippen LogP contribution in [0.5, 0.6) is 0 Å². The molecular formula is C15H17NO3. The minimum atomic E-state index is -0.961. The number of carbonyl (C=O) groups excluding carboxylic acids is 1. The molecule has 0 fully saturated rings. The van der Waals surface area contributed by atoms with Crippen LogP contribution < -0.4 is 0 Å². The lowest BCUT2D eigenvalue weighted by molar-refractivity contribution is -0.117. The van der Waals surface area contributed by atoms with Gasteiger partial charge in [0.15, 0.2) is 0 Å². The highest BCUT2D eigenvalue weighted by Gasteiger charge is 2.16. The molecule has 1 heterocycles. The van der Waals surface area contributed by atoms with Gasteiger partial charge in [0.2, 0.25) is 0 Å². The van der Waals surface area contributed by atoms with Crippen LogP contribution in [0.25, 0.3) is 10.9 Å². The van der Waals surface area contributed by atoms with Gasteiger partial charge in [-0.15, -0.1) is 0 Å². The first-order valence-corrected chi connectivity index (χ1v) is 6.23. The molecule has 1 aromatic carbocycles. The average Bonchev–Trinajstić information content (AvgIpc) is 2.64. The fourth-order valence-electron chi connectivity index (χ4n) is 2.50. The maximum absolute atomic E-state index is 11.3. The number of carbonyl (C=O) groups is 2. The third-order valence-electron chi connectivity index (χ3n) is 3.23. The number of nitrogens with zero attached hydrogens (tertiary/aromatic N) is 1. The summed E-state index contributed by atoms with van der Waals surface area (Å²) in [5.41, 5.74) is 3.28. The van der Waals surface area contributed by atoms with E-state index in [0.717, 1.165) is 22.0 Å². The van der Waals surface area contributed by atoms with Crippen LogP contribution in [0.4, 0.5) is 0 Å². The zero-order chi connectivity index (χ0) is 14.2. The summed E-state index contributed by atoms with van der Waals surface area (Å²) < 4.78 is 1.73. The third-order valence-corrected chi connectivity index (χ3v) is 3.23. The van der Waals surface area contributed by atoms with Crippen LogP contribution in [-0.2, 0) is 11.3 Å². The fourth-order valence-corrected chi connectivity index (χ4v) is 2.50. The second-order valence-electron chi connectivity index (χ2n) is 4.96. The van der Waals surface area contributed by atoms with Crippen LogP contribution in [0.15, 0.2) is 18.2 Å². The number of fused-ring (bicyclic) bond motifs is 1. The SMILES string of the molecule is CC(=O)CCn1c(C(=O)O)cc2cc(C)cc(C)c21. The van der Waals surface area contributed by atoms with E-state index in [1.807, 2.05) is 26.0 Å². The number of aromatic nitrogens is 1. The van der Waals surface area contributed by atoms with Gasteiger partial charge in [-0.3, -0.25) is 4.79 Å². The van der Waals surface area contributed by atoms with Crippen LogP contribution in [0.3, 0.4) is 0 Å². The third kappa shape index (κ3) is 2.52. The molecule has 0 radical (unpaired) electrons. The van der Waals surface area contributed by atoms with E-state index in [1.54, 1.807) is 10.6 Å². The molecule has 0 amide bonds. The number of Topliss-reactive ketones (excluding diaryl/α,β-unsaturated/α-hetero) is 1. The molecule has 0 saturated heterocycles. The summed E-state index contributed by atoms with van der Waals surface area (Å²) in [7, 11) is 0. The number of carboxylic acid groups (broad SMARTS) is 1. The van der Waals surface area contributed by atoms with E-state index in [-0.39, 0.29) is 11.5 Å². The smallest absolute Gasteiger partial charge is 0.352 e. The Balaban J connectivity index is 2.65. The molecule has 0 aliphatic carbocycles. The summed E-state index contributed by atoms with van der Waals surface area (Å²) in [5.74, 6) is -0.903. The van der Waals surface area contributed by atoms with E-state index < -0.39 is 5.97 Å². The normalized spacial score (nSPS) is 10.9. The summed E-state index contributed by atoms with van der Waals surface area (Å²) >= 11 is 0. The predicted octanol–water partition coefficient (Wildman–Crippen LogP) is 2.94. The van der Waals surface area contributed by atoms with Crippen molar-refractivity contribution in [1.82, 2.24) is 4.57 Å². The van der Waals surface area contributed by atoms with Gasteiger partial charge >= 0.3 is 5.97 Å². The number of hydrogen-bond acceptors (Lipinski definition) is 2. The molecule has 0 bridgehead atoms. The molecule has 19 heavy (non-hydrogen) atoms. The molecule has 2 rings (SSSR count). The molecule has 0 aliphatic heterocycles. The van der Waals surface area contributed by atoms with Crippen LogP contribution >= 0.6 is 0 Å². The maximum atomic E-state index is 11.3. The topological polar surface area (TPSA) is 59.3 Å². The first-order valence-electron chi connectivity index (χ1n) is 6.23. The van der Waals surface area contributed by atoms with Crippen molar-refractivity contribution < 1.29 is 14.7 Å². The summed E-state index contributed by atoms with van der Waals surface area (Å²) in [6.45, 7) is 5.87. The summed E-state index contributed by atoms with van der Waals surface area (Å²) in [5, 5.41) is 10.2. The highest BCUT2D eigenvalue weighted by molar-refractivity contribution is 5.96. The lowest BCUT2D eigenvalue weighted by Crippen LogP contribution is -2.10. The molecule has 1 N–H and O–H groups in total. The lowest BCUT2D eigenvalue weighted by Gasteiger charge is -2.09. The van der Waals surface area contributed by atoms with E-state index in [0.29, 0.717) is 13.0 Å². The Morgan fingerprint density at radius 3 is 2.47 bits per heavy atom. The lowest BCUT2D eigenvalue weighted by atomic mass is 10.1. The number of ketones is 1. The molecule has 0 atom stereocenters. The van der Waals surface area contributed by atoms with Gasteiger partial charge in [-0.05, 0) is 38.5 Å². The monoisotopic (exact) mass is 259 g/mol. The number of benzene rings is 1. The van der Waals surface area contributed by atoms with Crippen molar-refractivity contribution >= 4 is 22.7 Å². The first kappa shape index (κ1) is 13.3. The van der Waals surface area contributed by atoms with Crippen LogP contribution in [0.2, 0.25) is 0 Å². The summed E-state index contributed by atoms with van der Waals surface area (Å²) in [6.07, 6.45) is 0.345. The van der Waals surface area contributed by atoms with E-state index in [2.05, 4.69) is 0 Å². The average molecular weight is 259 g/mol. The molecule has 0 spiro atoms. The molecular weight excluding hydrogens is 242 g/mol. The van der Waals surface area contributed by atoms with Gasteiger partial charge in [0.25, 0.3) is 0 Å². The van der Waals surface area contributed by atoms with Crippen LogP contribution in [0.1, 0.15) is 35.0 Å². The van der Waals surface area contributed by atoms with Gasteiger partial charge < -0.3 is 9.67 Å². The van der Waals surface area contributed by atoms with Gasteiger partial charge in [0.05, 0.1) is 5.52 Å². The van der Waals surface area contributed by atoms with Crippen molar-refractivity contribution in [3.63, 3.8) is 0 Å². The predicted molar refractivity (Wildman–Crippen MR) is 73.7 cm³/mol. The number of hydrogen-bond donors (Lipinski definition) is 1. The second kappa shape index (κ2) is 4.88. The van der Waals surface area contributed by atoms with Gasteiger partial charge in [0, 0.05) is 18.4 Å². The molecule has 100 valence electrons. The van der Waals surface area contributed by atoms with Gasteiger partial charge in [-0.25, -0.2) is 4.79 Å². The van der Waals surface area contributed by atoms with Crippen molar-refractivity contribution in [3.05, 3.63) is 35.0 Å². The van der Waals surface area contributed by atoms with Crippen LogP contribution in [0, 0.1) is 13.8 Å². The largest absolute Gasteiger partial charge is 0.477 e. The molecule has 4 nitrogen and oxygen atoms in total. The molecule has 0 aliphatic rings. The minimum absolute atomic E-state index is 0.0583. The number of aromatic carboxylic acids is 1. The fraction of sp³-hybridized carbons (Fsp3) is 0.333. The maximum Gasteiger partial charge on any atom is 0.352 e. The van der Waals surface area contributed by atoms with Crippen molar-refractivity contribution in [2.75, 3.05) is 0 Å². The Morgan fingerprint density at radius 2 is 1.89 bits per heavy atom. The van der Waals surface area contributed by atoms with E-state index >= 15 is 0 Å². The van der Waals surface area contributed by atoms with Crippen molar-refractivity contribution in [3.8, 4) is 0 Å². The molecule has 0 unspecified atom stereocenters. The van der Waals surface area contributed by atoms with Gasteiger partial charge in [-0.1, -0.05) is 11.6 Å².